The number of ether oxygens (including phenoxy) is 3. The number of methoxy groups -OCH3 is 1. The summed E-state index contributed by atoms with van der Waals surface area (Å²) in [7, 11) is 1.67. The Labute approximate surface area is 171 Å². The van der Waals surface area contributed by atoms with Crippen molar-refractivity contribution in [2.75, 3.05) is 45.3 Å². The van der Waals surface area contributed by atoms with Gasteiger partial charge in [-0.1, -0.05) is 6.07 Å². The summed E-state index contributed by atoms with van der Waals surface area (Å²) in [6.07, 6.45) is 1.12. The quantitative estimate of drug-likeness (QED) is 0.319. The van der Waals surface area contributed by atoms with E-state index in [1.165, 1.54) is 4.88 Å². The van der Waals surface area contributed by atoms with Crippen molar-refractivity contribution in [2.24, 2.45) is 4.99 Å². The van der Waals surface area contributed by atoms with E-state index in [1.54, 1.807) is 18.4 Å². The molecule has 6 nitrogen and oxygen atoms in total. The average molecular weight is 406 g/mol. The molecule has 2 rings (SSSR count). The Morgan fingerprint density at radius 1 is 1.11 bits per heavy atom. The number of nitrogens with zero attached hydrogens (tertiary/aromatic N) is 1. The van der Waals surface area contributed by atoms with Crippen molar-refractivity contribution in [1.29, 1.82) is 0 Å². The van der Waals surface area contributed by atoms with Crippen LogP contribution in [0.5, 0.6) is 5.75 Å². The van der Waals surface area contributed by atoms with Crippen LogP contribution in [0.1, 0.15) is 18.7 Å². The highest BCUT2D eigenvalue weighted by molar-refractivity contribution is 7.09. The lowest BCUT2D eigenvalue weighted by molar-refractivity contribution is 0.0748. The van der Waals surface area contributed by atoms with Crippen LogP contribution in [0.3, 0.4) is 0 Å². The van der Waals surface area contributed by atoms with Crippen molar-refractivity contribution < 1.29 is 14.2 Å². The molecule has 0 aliphatic rings. The molecule has 1 aromatic carbocycles. The lowest BCUT2D eigenvalue weighted by atomic mass is 10.3. The second kappa shape index (κ2) is 13.1. The molecule has 0 unspecified atom stereocenters. The van der Waals surface area contributed by atoms with E-state index in [4.69, 9.17) is 14.2 Å². The highest BCUT2D eigenvalue weighted by atomic mass is 32.1. The third-order valence-corrected chi connectivity index (χ3v) is 4.61. The van der Waals surface area contributed by atoms with Gasteiger partial charge in [-0.2, -0.15) is 0 Å². The van der Waals surface area contributed by atoms with Gasteiger partial charge >= 0.3 is 0 Å². The van der Waals surface area contributed by atoms with E-state index in [2.05, 4.69) is 33.1 Å². The third-order valence-electron chi connectivity index (χ3n) is 3.67. The average Bonchev–Trinajstić information content (AvgIpc) is 3.19. The van der Waals surface area contributed by atoms with Gasteiger partial charge in [0.1, 0.15) is 5.75 Å². The van der Waals surface area contributed by atoms with E-state index in [1.807, 2.05) is 38.1 Å². The van der Waals surface area contributed by atoms with Gasteiger partial charge in [0, 0.05) is 24.2 Å². The Morgan fingerprint density at radius 3 is 2.61 bits per heavy atom. The van der Waals surface area contributed by atoms with Gasteiger partial charge in [0.15, 0.2) is 5.96 Å². The molecular weight excluding hydrogens is 374 g/mol. The van der Waals surface area contributed by atoms with Crippen LogP contribution >= 0.6 is 11.3 Å². The van der Waals surface area contributed by atoms with E-state index < -0.39 is 0 Å². The number of thiophene rings is 1. The van der Waals surface area contributed by atoms with Crippen LogP contribution in [0.2, 0.25) is 0 Å². The van der Waals surface area contributed by atoms with Gasteiger partial charge in [-0.3, -0.25) is 4.99 Å². The van der Waals surface area contributed by atoms with Gasteiger partial charge in [0.2, 0.25) is 0 Å². The van der Waals surface area contributed by atoms with Gasteiger partial charge in [-0.05, 0) is 56.0 Å². The predicted octanol–water partition coefficient (Wildman–Crippen LogP) is 3.80. The first-order valence-corrected chi connectivity index (χ1v) is 10.5. The van der Waals surface area contributed by atoms with Gasteiger partial charge in [-0.15, -0.1) is 11.3 Å². The summed E-state index contributed by atoms with van der Waals surface area (Å²) in [4.78, 5) is 5.96. The molecular formula is C21H31N3O3S. The molecule has 7 heteroatoms. The number of aliphatic imine (C=N–C) groups is 1. The van der Waals surface area contributed by atoms with E-state index >= 15 is 0 Å². The second-order valence-electron chi connectivity index (χ2n) is 6.41. The molecule has 0 spiro atoms. The highest BCUT2D eigenvalue weighted by Crippen LogP contribution is 2.17. The molecule has 2 aromatic rings. The van der Waals surface area contributed by atoms with Crippen LogP contribution in [-0.4, -0.2) is 52.1 Å². The fourth-order valence-corrected chi connectivity index (χ4v) is 3.10. The van der Waals surface area contributed by atoms with Crippen LogP contribution in [0, 0.1) is 0 Å². The molecule has 0 bridgehead atoms. The second-order valence-corrected chi connectivity index (χ2v) is 7.44. The van der Waals surface area contributed by atoms with Crippen molar-refractivity contribution in [1.82, 2.24) is 5.32 Å². The molecule has 0 atom stereocenters. The molecule has 154 valence electrons. The number of guanidine groups is 1. The minimum absolute atomic E-state index is 0.160. The number of rotatable bonds is 12. The summed E-state index contributed by atoms with van der Waals surface area (Å²) < 4.78 is 16.2. The fourth-order valence-electron chi connectivity index (χ4n) is 2.39. The van der Waals surface area contributed by atoms with Gasteiger partial charge < -0.3 is 24.8 Å². The van der Waals surface area contributed by atoms with E-state index in [9.17, 15) is 0 Å². The minimum Gasteiger partial charge on any atom is -0.491 e. The van der Waals surface area contributed by atoms with Crippen LogP contribution in [0.4, 0.5) is 5.69 Å². The van der Waals surface area contributed by atoms with Crippen LogP contribution in [-0.2, 0) is 15.9 Å². The Morgan fingerprint density at radius 2 is 1.93 bits per heavy atom. The SMILES string of the molecule is COCCOCCN=C(NCCc1cccs1)Nc1ccc(OC(C)C)cc1. The Kier molecular flexibility index (Phi) is 10.4. The third kappa shape index (κ3) is 9.21. The van der Waals surface area contributed by atoms with Crippen LogP contribution in [0.25, 0.3) is 0 Å². The molecule has 0 aliphatic carbocycles. The van der Waals surface area contributed by atoms with Crippen LogP contribution in [0.15, 0.2) is 46.8 Å². The summed E-state index contributed by atoms with van der Waals surface area (Å²) in [5.41, 5.74) is 0.957. The first-order chi connectivity index (χ1) is 13.7. The van der Waals surface area contributed by atoms with Gasteiger partial charge in [0.05, 0.1) is 32.5 Å². The van der Waals surface area contributed by atoms with Crippen molar-refractivity contribution in [3.63, 3.8) is 0 Å². The first kappa shape index (κ1) is 22.2. The standard InChI is InChI=1S/C21H31N3O3S/c1-17(2)27-19-8-6-18(7-9-19)24-21(23-12-13-26-15-14-25-3)22-11-10-20-5-4-16-28-20/h4-9,16-17H,10-15H2,1-3H3,(H2,22,23,24). The Bertz CT molecular complexity index is 673. The van der Waals surface area contributed by atoms with E-state index in [-0.39, 0.29) is 6.10 Å². The normalized spacial score (nSPS) is 11.6. The number of nitrogens with one attached hydrogen (secondary N) is 2. The Balaban J connectivity index is 1.88. The maximum atomic E-state index is 5.69. The van der Waals surface area contributed by atoms with Crippen molar-refractivity contribution >= 4 is 23.0 Å². The molecule has 0 aliphatic heterocycles. The molecule has 28 heavy (non-hydrogen) atoms. The fraction of sp³-hybridized carbons (Fsp3) is 0.476. The first-order valence-electron chi connectivity index (χ1n) is 9.58. The van der Waals surface area contributed by atoms with Crippen molar-refractivity contribution in [3.8, 4) is 5.75 Å². The lowest BCUT2D eigenvalue weighted by Crippen LogP contribution is -2.32. The molecule has 0 amide bonds. The van der Waals surface area contributed by atoms with Crippen molar-refractivity contribution in [3.05, 3.63) is 46.7 Å². The predicted molar refractivity (Wildman–Crippen MR) is 117 cm³/mol. The molecule has 0 fully saturated rings. The zero-order valence-corrected chi connectivity index (χ0v) is 17.8. The summed E-state index contributed by atoms with van der Waals surface area (Å²) in [5, 5.41) is 8.84. The summed E-state index contributed by atoms with van der Waals surface area (Å²) in [6.45, 7) is 7.16. The summed E-state index contributed by atoms with van der Waals surface area (Å²) in [6, 6.07) is 12.1. The molecule has 1 aromatic heterocycles. The maximum Gasteiger partial charge on any atom is 0.195 e. The number of benzene rings is 1. The lowest BCUT2D eigenvalue weighted by Gasteiger charge is -2.14. The smallest absolute Gasteiger partial charge is 0.195 e. The number of hydrogen-bond acceptors (Lipinski definition) is 5. The number of anilines is 1. The highest BCUT2D eigenvalue weighted by Gasteiger charge is 2.03. The number of hydrogen-bond donors (Lipinski definition) is 2. The zero-order chi connectivity index (χ0) is 20.0. The molecule has 0 radical (unpaired) electrons. The molecule has 0 saturated heterocycles. The van der Waals surface area contributed by atoms with E-state index in [0.717, 1.165) is 30.4 Å². The van der Waals surface area contributed by atoms with Crippen molar-refractivity contribution in [2.45, 2.75) is 26.4 Å². The molecule has 1 heterocycles. The van der Waals surface area contributed by atoms with E-state index in [0.29, 0.717) is 26.4 Å². The van der Waals surface area contributed by atoms with Gasteiger partial charge in [0.25, 0.3) is 0 Å². The maximum absolute atomic E-state index is 5.69. The topological polar surface area (TPSA) is 64.1 Å². The van der Waals surface area contributed by atoms with Gasteiger partial charge in [-0.25, -0.2) is 0 Å². The zero-order valence-electron chi connectivity index (χ0n) is 16.9. The molecule has 2 N–H and O–H groups in total. The minimum atomic E-state index is 0.160. The largest absolute Gasteiger partial charge is 0.491 e. The monoisotopic (exact) mass is 405 g/mol. The Hall–Kier alpha value is -2.09. The summed E-state index contributed by atoms with van der Waals surface area (Å²) >= 11 is 1.77. The summed E-state index contributed by atoms with van der Waals surface area (Å²) in [5.74, 6) is 1.60. The van der Waals surface area contributed by atoms with Crippen LogP contribution < -0.4 is 15.4 Å². The molecule has 0 saturated carbocycles.